The average Bonchev–Trinajstić information content (AvgIpc) is 2.84. The minimum atomic E-state index is -1.84. The minimum Gasteiger partial charge on any atom is -0.352 e. The topological polar surface area (TPSA) is 69.6 Å². The maximum atomic E-state index is 12.5. The van der Waals surface area contributed by atoms with Gasteiger partial charge >= 0.3 is 0 Å². The molecule has 6 heteroatoms. The van der Waals surface area contributed by atoms with Gasteiger partial charge in [0.1, 0.15) is 0 Å². The molecule has 2 amide bonds. The molecule has 1 heterocycles. The van der Waals surface area contributed by atoms with Crippen LogP contribution < -0.4 is 5.32 Å². The standard InChI is InChI=1S/C15H22N2O3S/c1-11(18)16-13-7-8-17(10-13)15(19)12-5-4-6-14(9-12)21(2,3)20/h4-6,9,13,20H,7-8,10H2,1-3H3,(H,16,18). The molecule has 116 valence electrons. The van der Waals surface area contributed by atoms with Crippen LogP contribution in [0.25, 0.3) is 0 Å². The molecule has 1 saturated heterocycles. The van der Waals surface area contributed by atoms with Gasteiger partial charge in [-0.05, 0) is 37.1 Å². The largest absolute Gasteiger partial charge is 0.352 e. The lowest BCUT2D eigenvalue weighted by Gasteiger charge is -2.25. The second kappa shape index (κ2) is 6.07. The fourth-order valence-corrected chi connectivity index (χ4v) is 3.30. The number of rotatable bonds is 3. The predicted octanol–water partition coefficient (Wildman–Crippen LogP) is 1.93. The number of benzene rings is 1. The molecule has 0 saturated carbocycles. The lowest BCUT2D eigenvalue weighted by molar-refractivity contribution is -0.119. The molecule has 1 unspecified atom stereocenters. The second-order valence-corrected chi connectivity index (χ2v) is 8.76. The summed E-state index contributed by atoms with van der Waals surface area (Å²) in [7, 11) is -1.84. The molecule has 1 atom stereocenters. The molecule has 21 heavy (non-hydrogen) atoms. The van der Waals surface area contributed by atoms with Gasteiger partial charge in [0.2, 0.25) is 5.91 Å². The monoisotopic (exact) mass is 310 g/mol. The van der Waals surface area contributed by atoms with Gasteiger partial charge in [0.25, 0.3) is 5.91 Å². The molecular formula is C15H22N2O3S. The van der Waals surface area contributed by atoms with Crippen molar-refractivity contribution in [3.05, 3.63) is 29.8 Å². The Labute approximate surface area is 126 Å². The van der Waals surface area contributed by atoms with Gasteiger partial charge in [-0.25, -0.2) is 0 Å². The zero-order valence-electron chi connectivity index (χ0n) is 12.6. The van der Waals surface area contributed by atoms with E-state index in [0.717, 1.165) is 11.3 Å². The third kappa shape index (κ3) is 3.98. The number of hydrogen-bond donors (Lipinski definition) is 2. The number of likely N-dealkylation sites (tertiary alicyclic amines) is 1. The van der Waals surface area contributed by atoms with Crippen LogP contribution in [-0.2, 0) is 4.79 Å². The molecule has 1 aliphatic heterocycles. The fourth-order valence-electron chi connectivity index (χ4n) is 2.47. The Morgan fingerprint density at radius 2 is 2.10 bits per heavy atom. The Bertz CT molecular complexity index is 554. The average molecular weight is 310 g/mol. The first-order valence-electron chi connectivity index (χ1n) is 6.89. The summed E-state index contributed by atoms with van der Waals surface area (Å²) >= 11 is 0. The smallest absolute Gasteiger partial charge is 0.253 e. The SMILES string of the molecule is CC(=O)NC1CCN(C(=O)c2cccc(S(C)(C)O)c2)C1. The van der Waals surface area contributed by atoms with Crippen molar-refractivity contribution in [2.75, 3.05) is 25.6 Å². The van der Waals surface area contributed by atoms with E-state index < -0.39 is 10.3 Å². The van der Waals surface area contributed by atoms with Crippen molar-refractivity contribution < 1.29 is 14.1 Å². The molecule has 2 rings (SSSR count). The van der Waals surface area contributed by atoms with E-state index in [0.29, 0.717) is 18.7 Å². The van der Waals surface area contributed by atoms with E-state index in [1.807, 2.05) is 6.07 Å². The molecule has 0 spiro atoms. The third-order valence-electron chi connectivity index (χ3n) is 3.54. The van der Waals surface area contributed by atoms with Crippen molar-refractivity contribution in [1.82, 2.24) is 10.2 Å². The van der Waals surface area contributed by atoms with Crippen molar-refractivity contribution in [3.8, 4) is 0 Å². The highest BCUT2D eigenvalue weighted by atomic mass is 32.3. The van der Waals surface area contributed by atoms with Gasteiger partial charge in [0, 0.05) is 36.5 Å². The molecule has 5 nitrogen and oxygen atoms in total. The van der Waals surface area contributed by atoms with E-state index in [9.17, 15) is 14.1 Å². The zero-order chi connectivity index (χ0) is 15.6. The van der Waals surface area contributed by atoms with Gasteiger partial charge in [-0.2, -0.15) is 0 Å². The summed E-state index contributed by atoms with van der Waals surface area (Å²) in [6.07, 6.45) is 4.33. The summed E-state index contributed by atoms with van der Waals surface area (Å²) in [6, 6.07) is 7.21. The summed E-state index contributed by atoms with van der Waals surface area (Å²) in [5.41, 5.74) is 0.589. The van der Waals surface area contributed by atoms with Crippen LogP contribution in [-0.4, -0.2) is 52.9 Å². The summed E-state index contributed by atoms with van der Waals surface area (Å²) in [4.78, 5) is 26.1. The van der Waals surface area contributed by atoms with E-state index in [-0.39, 0.29) is 17.9 Å². The Kier molecular flexibility index (Phi) is 4.58. The van der Waals surface area contributed by atoms with Crippen molar-refractivity contribution in [2.24, 2.45) is 0 Å². The summed E-state index contributed by atoms with van der Waals surface area (Å²) < 4.78 is 10.1. The van der Waals surface area contributed by atoms with Crippen LogP contribution in [0.4, 0.5) is 0 Å². The lowest BCUT2D eigenvalue weighted by Crippen LogP contribution is -2.37. The van der Waals surface area contributed by atoms with Crippen LogP contribution in [0, 0.1) is 0 Å². The Balaban J connectivity index is 2.09. The highest BCUT2D eigenvalue weighted by molar-refractivity contribution is 8.28. The second-order valence-electron chi connectivity index (χ2n) is 5.74. The molecule has 0 radical (unpaired) electrons. The molecule has 0 aromatic heterocycles. The van der Waals surface area contributed by atoms with Gasteiger partial charge in [0.15, 0.2) is 0 Å². The molecule has 1 aromatic rings. The Morgan fingerprint density at radius 1 is 1.38 bits per heavy atom. The van der Waals surface area contributed by atoms with Crippen LogP contribution in [0.5, 0.6) is 0 Å². The van der Waals surface area contributed by atoms with Crippen LogP contribution >= 0.6 is 10.3 Å². The molecule has 2 N–H and O–H groups in total. The van der Waals surface area contributed by atoms with Gasteiger partial charge in [-0.15, -0.1) is 10.3 Å². The molecule has 0 aliphatic carbocycles. The first-order chi connectivity index (χ1) is 9.77. The quantitative estimate of drug-likeness (QED) is 0.896. The molecule has 1 aliphatic rings. The highest BCUT2D eigenvalue weighted by Crippen LogP contribution is 2.44. The lowest BCUT2D eigenvalue weighted by atomic mass is 10.2. The van der Waals surface area contributed by atoms with Gasteiger partial charge in [-0.3, -0.25) is 9.59 Å². The first kappa shape index (κ1) is 15.9. The highest BCUT2D eigenvalue weighted by Gasteiger charge is 2.27. The van der Waals surface area contributed by atoms with E-state index in [2.05, 4.69) is 5.32 Å². The molecular weight excluding hydrogens is 288 g/mol. The number of hydrogen-bond acceptors (Lipinski definition) is 3. The molecule has 1 aromatic carbocycles. The van der Waals surface area contributed by atoms with E-state index in [1.54, 1.807) is 35.6 Å². The van der Waals surface area contributed by atoms with Gasteiger partial charge in [-0.1, -0.05) is 6.07 Å². The third-order valence-corrected chi connectivity index (χ3v) is 4.95. The first-order valence-corrected chi connectivity index (χ1v) is 9.30. The molecule has 1 fully saturated rings. The van der Waals surface area contributed by atoms with Crippen molar-refractivity contribution in [1.29, 1.82) is 0 Å². The summed E-state index contributed by atoms with van der Waals surface area (Å²) in [5, 5.41) is 2.84. The van der Waals surface area contributed by atoms with E-state index >= 15 is 0 Å². The minimum absolute atomic E-state index is 0.0366. The number of nitrogens with zero attached hydrogens (tertiary/aromatic N) is 1. The predicted molar refractivity (Wildman–Crippen MR) is 84.9 cm³/mol. The summed E-state index contributed by atoms with van der Waals surface area (Å²) in [5.74, 6) is -0.115. The van der Waals surface area contributed by atoms with Crippen molar-refractivity contribution in [3.63, 3.8) is 0 Å². The van der Waals surface area contributed by atoms with E-state index in [4.69, 9.17) is 0 Å². The molecule has 0 bridgehead atoms. The van der Waals surface area contributed by atoms with Crippen LogP contribution in [0.15, 0.2) is 29.2 Å². The van der Waals surface area contributed by atoms with Crippen LogP contribution in [0.3, 0.4) is 0 Å². The number of amides is 2. The number of carbonyl (C=O) groups is 2. The van der Waals surface area contributed by atoms with Crippen molar-refractivity contribution >= 4 is 22.1 Å². The van der Waals surface area contributed by atoms with Crippen LogP contribution in [0.2, 0.25) is 0 Å². The van der Waals surface area contributed by atoms with Gasteiger partial charge in [0.05, 0.1) is 0 Å². The summed E-state index contributed by atoms with van der Waals surface area (Å²) in [6.45, 7) is 2.67. The van der Waals surface area contributed by atoms with Gasteiger partial charge < -0.3 is 14.8 Å². The maximum Gasteiger partial charge on any atom is 0.253 e. The van der Waals surface area contributed by atoms with E-state index in [1.165, 1.54) is 6.92 Å². The zero-order valence-corrected chi connectivity index (χ0v) is 13.4. The Morgan fingerprint density at radius 3 is 2.71 bits per heavy atom. The Hall–Kier alpha value is -1.53. The maximum absolute atomic E-state index is 12.5. The normalized spacial score (nSPS) is 19.4. The number of nitrogens with one attached hydrogen (secondary N) is 1. The fraction of sp³-hybridized carbons (Fsp3) is 0.467. The van der Waals surface area contributed by atoms with Crippen LogP contribution in [0.1, 0.15) is 23.7 Å². The van der Waals surface area contributed by atoms with Crippen molar-refractivity contribution in [2.45, 2.75) is 24.3 Å². The number of carbonyl (C=O) groups excluding carboxylic acids is 2.